The van der Waals surface area contributed by atoms with Crippen LogP contribution in [-0.4, -0.2) is 38.3 Å². The fourth-order valence-electron chi connectivity index (χ4n) is 4.83. The van der Waals surface area contributed by atoms with Gasteiger partial charge in [0.25, 0.3) is 0 Å². The van der Waals surface area contributed by atoms with Gasteiger partial charge in [0.2, 0.25) is 5.88 Å². The lowest BCUT2D eigenvalue weighted by Crippen LogP contribution is -2.31. The lowest BCUT2D eigenvalue weighted by atomic mass is 10.1. The molecule has 0 spiro atoms. The van der Waals surface area contributed by atoms with E-state index in [1.807, 2.05) is 49.4 Å². The molecule has 1 aliphatic heterocycles. The van der Waals surface area contributed by atoms with Gasteiger partial charge in [-0.25, -0.2) is 19.2 Å². The quantitative estimate of drug-likeness (QED) is 0.241. The number of imidazole rings is 1. The number of aromatic carboxylic acids is 1. The highest BCUT2D eigenvalue weighted by molar-refractivity contribution is 5.92. The summed E-state index contributed by atoms with van der Waals surface area (Å²) in [6.07, 6.45) is 1.67. The summed E-state index contributed by atoms with van der Waals surface area (Å²) in [7, 11) is 0. The Balaban J connectivity index is 1.20. The fourth-order valence-corrected chi connectivity index (χ4v) is 4.83. The van der Waals surface area contributed by atoms with Crippen molar-refractivity contribution < 1.29 is 23.8 Å². The van der Waals surface area contributed by atoms with Crippen LogP contribution in [0, 0.1) is 12.7 Å². The second-order valence-corrected chi connectivity index (χ2v) is 10.0. The van der Waals surface area contributed by atoms with Crippen molar-refractivity contribution in [2.75, 3.05) is 6.61 Å². The highest BCUT2D eigenvalue weighted by Gasteiger charge is 2.22. The Morgan fingerprint density at radius 3 is 2.62 bits per heavy atom. The van der Waals surface area contributed by atoms with Gasteiger partial charge >= 0.3 is 5.97 Å². The standard InChI is InChI=1S/C32H28FN3O4/c1-20-5-8-24(26(33)15-20)19-40-31-4-2-3-27(35-31)22-9-6-21(7-10-22)16-30-34-28-12-11-23(32(37)38)17-29(28)36(30)18-25-13-14-39-25/h2-12,15,17,25H,13-14,16,18-19H2,1H3,(H,37,38)/t25-/m0/s1. The first-order chi connectivity index (χ1) is 19.4. The number of hydrogen-bond acceptors (Lipinski definition) is 5. The molecular weight excluding hydrogens is 509 g/mol. The van der Waals surface area contributed by atoms with Gasteiger partial charge in [0.1, 0.15) is 18.2 Å². The summed E-state index contributed by atoms with van der Waals surface area (Å²) >= 11 is 0. The van der Waals surface area contributed by atoms with Gasteiger partial charge in [-0.15, -0.1) is 0 Å². The molecule has 1 atom stereocenters. The van der Waals surface area contributed by atoms with Crippen LogP contribution in [0.1, 0.15) is 39.3 Å². The van der Waals surface area contributed by atoms with E-state index in [2.05, 4.69) is 9.55 Å². The lowest BCUT2D eigenvalue weighted by molar-refractivity contribution is -0.0589. The van der Waals surface area contributed by atoms with Crippen molar-refractivity contribution >= 4 is 17.0 Å². The molecule has 0 unspecified atom stereocenters. The molecule has 8 heteroatoms. The molecule has 0 aliphatic carbocycles. The van der Waals surface area contributed by atoms with Crippen LogP contribution < -0.4 is 4.74 Å². The molecule has 40 heavy (non-hydrogen) atoms. The van der Waals surface area contributed by atoms with Crippen molar-refractivity contribution in [2.45, 2.75) is 39.0 Å². The second-order valence-electron chi connectivity index (χ2n) is 10.0. The van der Waals surface area contributed by atoms with Crippen LogP contribution in [0.3, 0.4) is 0 Å². The van der Waals surface area contributed by atoms with Gasteiger partial charge in [-0.3, -0.25) is 0 Å². The summed E-state index contributed by atoms with van der Waals surface area (Å²) in [6.45, 7) is 3.33. The minimum Gasteiger partial charge on any atom is -0.478 e. The summed E-state index contributed by atoms with van der Waals surface area (Å²) < 4.78 is 27.7. The lowest BCUT2D eigenvalue weighted by Gasteiger charge is -2.27. The number of aromatic nitrogens is 3. The number of carboxylic acids is 1. The van der Waals surface area contributed by atoms with Crippen molar-refractivity contribution in [3.05, 3.63) is 113 Å². The van der Waals surface area contributed by atoms with Crippen molar-refractivity contribution in [1.82, 2.24) is 14.5 Å². The van der Waals surface area contributed by atoms with Gasteiger partial charge < -0.3 is 19.1 Å². The topological polar surface area (TPSA) is 86.5 Å². The monoisotopic (exact) mass is 537 g/mol. The van der Waals surface area contributed by atoms with Gasteiger partial charge in [-0.1, -0.05) is 42.5 Å². The molecule has 1 saturated heterocycles. The molecule has 1 N–H and O–H groups in total. The maximum atomic E-state index is 14.2. The van der Waals surface area contributed by atoms with E-state index in [1.165, 1.54) is 6.07 Å². The van der Waals surface area contributed by atoms with Gasteiger partial charge in [-0.05, 0) is 54.8 Å². The molecule has 0 radical (unpaired) electrons. The number of ether oxygens (including phenoxy) is 2. The average Bonchev–Trinajstić information content (AvgIpc) is 3.26. The van der Waals surface area contributed by atoms with E-state index in [9.17, 15) is 14.3 Å². The molecule has 0 amide bonds. The average molecular weight is 538 g/mol. The maximum absolute atomic E-state index is 14.2. The van der Waals surface area contributed by atoms with Crippen LogP contribution in [0.4, 0.5) is 4.39 Å². The van der Waals surface area contributed by atoms with E-state index < -0.39 is 5.97 Å². The third-order valence-corrected chi connectivity index (χ3v) is 7.17. The number of halogens is 1. The molecular formula is C32H28FN3O4. The third-order valence-electron chi connectivity index (χ3n) is 7.17. The Bertz CT molecular complexity index is 1690. The predicted octanol–water partition coefficient (Wildman–Crippen LogP) is 6.20. The molecule has 3 heterocycles. The summed E-state index contributed by atoms with van der Waals surface area (Å²) in [5.41, 5.74) is 5.90. The Morgan fingerprint density at radius 1 is 1.07 bits per heavy atom. The number of hydrogen-bond donors (Lipinski definition) is 1. The Hall–Kier alpha value is -4.56. The molecule has 1 fully saturated rings. The highest BCUT2D eigenvalue weighted by atomic mass is 19.1. The van der Waals surface area contributed by atoms with Gasteiger partial charge in [0.05, 0.1) is 34.9 Å². The Kier molecular flexibility index (Phi) is 7.00. The molecule has 3 aromatic carbocycles. The van der Waals surface area contributed by atoms with Crippen LogP contribution in [0.15, 0.2) is 78.9 Å². The molecule has 6 rings (SSSR count). The number of fused-ring (bicyclic) bond motifs is 1. The zero-order chi connectivity index (χ0) is 27.6. The van der Waals surface area contributed by atoms with Crippen molar-refractivity contribution in [3.63, 3.8) is 0 Å². The zero-order valence-corrected chi connectivity index (χ0v) is 22.0. The molecule has 7 nitrogen and oxygen atoms in total. The smallest absolute Gasteiger partial charge is 0.335 e. The number of nitrogens with zero attached hydrogens (tertiary/aromatic N) is 3. The molecule has 1 aliphatic rings. The minimum absolute atomic E-state index is 0.0996. The zero-order valence-electron chi connectivity index (χ0n) is 22.0. The van der Waals surface area contributed by atoms with Crippen LogP contribution in [-0.2, 0) is 24.3 Å². The van der Waals surface area contributed by atoms with Gasteiger partial charge in [0, 0.05) is 30.2 Å². The third kappa shape index (κ3) is 5.44. The first-order valence-corrected chi connectivity index (χ1v) is 13.2. The van der Waals surface area contributed by atoms with Crippen LogP contribution >= 0.6 is 0 Å². The Morgan fingerprint density at radius 2 is 1.90 bits per heavy atom. The van der Waals surface area contributed by atoms with Crippen molar-refractivity contribution in [1.29, 1.82) is 0 Å². The summed E-state index contributed by atoms with van der Waals surface area (Å²) in [6, 6.07) is 23.7. The number of pyridine rings is 1. The van der Waals surface area contributed by atoms with Crippen LogP contribution in [0.5, 0.6) is 5.88 Å². The molecule has 0 bridgehead atoms. The predicted molar refractivity (Wildman–Crippen MR) is 149 cm³/mol. The number of rotatable bonds is 9. The van der Waals surface area contributed by atoms with E-state index in [0.29, 0.717) is 24.4 Å². The fraction of sp³-hybridized carbons (Fsp3) is 0.219. The summed E-state index contributed by atoms with van der Waals surface area (Å²) in [5, 5.41) is 9.47. The second kappa shape index (κ2) is 10.9. The summed E-state index contributed by atoms with van der Waals surface area (Å²) in [4.78, 5) is 21.0. The van der Waals surface area contributed by atoms with Gasteiger partial charge in [-0.2, -0.15) is 0 Å². The normalized spacial score (nSPS) is 14.7. The van der Waals surface area contributed by atoms with Crippen LogP contribution in [0.25, 0.3) is 22.3 Å². The first kappa shape index (κ1) is 25.7. The molecule has 0 saturated carbocycles. The van der Waals surface area contributed by atoms with E-state index in [-0.39, 0.29) is 24.1 Å². The SMILES string of the molecule is Cc1ccc(COc2cccc(-c3ccc(Cc4nc5ccc(C(=O)O)cc5n4C[C@@H]4CCO4)cc3)n2)c(F)c1. The van der Waals surface area contributed by atoms with Gasteiger partial charge in [0.15, 0.2) is 0 Å². The van der Waals surface area contributed by atoms with E-state index >= 15 is 0 Å². The molecule has 202 valence electrons. The van der Waals surface area contributed by atoms with Crippen molar-refractivity contribution in [3.8, 4) is 17.1 Å². The number of carboxylic acid groups (broad SMARTS) is 1. The first-order valence-electron chi connectivity index (χ1n) is 13.2. The summed E-state index contributed by atoms with van der Waals surface area (Å²) in [5.74, 6) is 0.0340. The van der Waals surface area contributed by atoms with E-state index in [4.69, 9.17) is 14.5 Å². The molecule has 2 aromatic heterocycles. The van der Waals surface area contributed by atoms with Crippen LogP contribution in [0.2, 0.25) is 0 Å². The highest BCUT2D eigenvalue weighted by Crippen LogP contribution is 2.26. The van der Waals surface area contributed by atoms with E-state index in [0.717, 1.165) is 52.3 Å². The Labute approximate surface area is 230 Å². The number of aryl methyl sites for hydroxylation is 1. The number of benzene rings is 3. The maximum Gasteiger partial charge on any atom is 0.335 e. The minimum atomic E-state index is -0.961. The van der Waals surface area contributed by atoms with E-state index in [1.54, 1.807) is 30.3 Å². The van der Waals surface area contributed by atoms with Crippen molar-refractivity contribution in [2.24, 2.45) is 0 Å². The largest absolute Gasteiger partial charge is 0.478 e. The molecule has 5 aromatic rings. The number of carbonyl (C=O) groups is 1.